The molecule has 0 spiro atoms. The van der Waals surface area contributed by atoms with Crippen LogP contribution in [0.25, 0.3) is 0 Å². The molecule has 2 fully saturated rings. The molecule has 1 saturated heterocycles. The van der Waals surface area contributed by atoms with E-state index in [-0.39, 0.29) is 11.7 Å². The van der Waals surface area contributed by atoms with Crippen LogP contribution in [0, 0.1) is 5.92 Å². The summed E-state index contributed by atoms with van der Waals surface area (Å²) in [6.07, 6.45) is -1.75. The lowest BCUT2D eigenvalue weighted by Crippen LogP contribution is -2.63. The van der Waals surface area contributed by atoms with Gasteiger partial charge in [-0.1, -0.05) is 17.7 Å². The van der Waals surface area contributed by atoms with Gasteiger partial charge in [0, 0.05) is 17.7 Å². The molecular weight excluding hydrogens is 391 g/mol. The minimum absolute atomic E-state index is 0.161. The Labute approximate surface area is 168 Å². The van der Waals surface area contributed by atoms with Gasteiger partial charge in [-0.25, -0.2) is 4.39 Å². The highest BCUT2D eigenvalue weighted by molar-refractivity contribution is 6.31. The minimum Gasteiger partial charge on any atom is -0.387 e. The first-order valence-electron chi connectivity index (χ1n) is 9.62. The SMILES string of the molecule is COC1CCC(Cc2cc([C@@]3(O)O[C@H](CF)[C@@H](O)[C@H](O)[C@H]3O)ccc2Cl)CC1. The van der Waals surface area contributed by atoms with E-state index in [4.69, 9.17) is 21.1 Å². The minimum atomic E-state index is -2.34. The molecule has 1 aromatic carbocycles. The number of halogens is 2. The molecule has 5 atom stereocenters. The Morgan fingerprint density at radius 1 is 1.18 bits per heavy atom. The molecule has 1 heterocycles. The molecule has 0 bridgehead atoms. The van der Waals surface area contributed by atoms with Crippen LogP contribution in [-0.4, -0.2) is 64.7 Å². The third kappa shape index (κ3) is 4.21. The molecule has 2 aliphatic rings. The van der Waals surface area contributed by atoms with Gasteiger partial charge in [0.1, 0.15) is 31.1 Å². The summed E-state index contributed by atoms with van der Waals surface area (Å²) in [5.41, 5.74) is 0.941. The Bertz CT molecular complexity index is 666. The number of alkyl halides is 1. The molecule has 0 radical (unpaired) electrons. The number of ether oxygens (including phenoxy) is 2. The highest BCUT2D eigenvalue weighted by Crippen LogP contribution is 2.39. The van der Waals surface area contributed by atoms with Crippen LogP contribution >= 0.6 is 11.6 Å². The normalized spacial score (nSPS) is 39.1. The number of benzene rings is 1. The van der Waals surface area contributed by atoms with Crippen molar-refractivity contribution in [2.75, 3.05) is 13.8 Å². The molecule has 0 amide bonds. The Balaban J connectivity index is 1.82. The first-order chi connectivity index (χ1) is 13.3. The zero-order chi connectivity index (χ0) is 20.5. The van der Waals surface area contributed by atoms with E-state index in [9.17, 15) is 24.8 Å². The quantitative estimate of drug-likeness (QED) is 0.580. The van der Waals surface area contributed by atoms with Crippen LogP contribution in [0.4, 0.5) is 4.39 Å². The number of rotatable bonds is 5. The topological polar surface area (TPSA) is 99.4 Å². The maximum absolute atomic E-state index is 13.2. The van der Waals surface area contributed by atoms with E-state index >= 15 is 0 Å². The fraction of sp³-hybridized carbons (Fsp3) is 0.700. The third-order valence-electron chi connectivity index (χ3n) is 6.03. The van der Waals surface area contributed by atoms with Crippen molar-refractivity contribution in [2.24, 2.45) is 5.92 Å². The lowest BCUT2D eigenvalue weighted by atomic mass is 9.82. The fourth-order valence-corrected chi connectivity index (χ4v) is 4.40. The van der Waals surface area contributed by atoms with Crippen LogP contribution in [0.5, 0.6) is 0 Å². The molecule has 3 rings (SSSR count). The van der Waals surface area contributed by atoms with E-state index in [0.717, 1.165) is 31.2 Å². The van der Waals surface area contributed by atoms with Crippen LogP contribution in [0.15, 0.2) is 18.2 Å². The number of aliphatic hydroxyl groups excluding tert-OH is 3. The van der Waals surface area contributed by atoms with Crippen molar-refractivity contribution >= 4 is 11.6 Å². The fourth-order valence-electron chi connectivity index (χ4n) is 4.21. The summed E-state index contributed by atoms with van der Waals surface area (Å²) in [6, 6.07) is 4.67. The summed E-state index contributed by atoms with van der Waals surface area (Å²) in [6.45, 7) is -1.11. The van der Waals surface area contributed by atoms with Gasteiger partial charge in [0.2, 0.25) is 5.79 Å². The average molecular weight is 419 g/mol. The number of methoxy groups -OCH3 is 1. The van der Waals surface area contributed by atoms with E-state index in [2.05, 4.69) is 0 Å². The molecule has 1 aliphatic carbocycles. The first kappa shape index (κ1) is 21.9. The van der Waals surface area contributed by atoms with Crippen molar-refractivity contribution in [3.63, 3.8) is 0 Å². The summed E-state index contributed by atoms with van der Waals surface area (Å²) in [5, 5.41) is 41.6. The lowest BCUT2D eigenvalue weighted by molar-refractivity contribution is -0.355. The smallest absolute Gasteiger partial charge is 0.222 e. The molecule has 8 heteroatoms. The second kappa shape index (κ2) is 8.92. The van der Waals surface area contributed by atoms with Gasteiger partial charge in [0.05, 0.1) is 6.10 Å². The second-order valence-electron chi connectivity index (χ2n) is 7.82. The average Bonchev–Trinajstić information content (AvgIpc) is 2.71. The van der Waals surface area contributed by atoms with Crippen LogP contribution in [0.2, 0.25) is 5.02 Å². The third-order valence-corrected chi connectivity index (χ3v) is 6.40. The molecule has 28 heavy (non-hydrogen) atoms. The molecule has 4 N–H and O–H groups in total. The second-order valence-corrected chi connectivity index (χ2v) is 8.23. The maximum atomic E-state index is 13.2. The highest BCUT2D eigenvalue weighted by atomic mass is 35.5. The number of hydrogen-bond acceptors (Lipinski definition) is 6. The van der Waals surface area contributed by atoms with Crippen molar-refractivity contribution in [3.05, 3.63) is 34.3 Å². The van der Waals surface area contributed by atoms with E-state index < -0.39 is 36.9 Å². The Kier molecular flexibility index (Phi) is 6.97. The Hall–Kier alpha value is -0.800. The zero-order valence-electron chi connectivity index (χ0n) is 15.8. The van der Waals surface area contributed by atoms with Gasteiger partial charge in [0.25, 0.3) is 0 Å². The van der Waals surface area contributed by atoms with Crippen LogP contribution in [0.1, 0.15) is 36.8 Å². The van der Waals surface area contributed by atoms with Gasteiger partial charge in [0.15, 0.2) is 0 Å². The van der Waals surface area contributed by atoms with Crippen LogP contribution in [-0.2, 0) is 21.7 Å². The van der Waals surface area contributed by atoms with Crippen LogP contribution < -0.4 is 0 Å². The van der Waals surface area contributed by atoms with Gasteiger partial charge in [-0.2, -0.15) is 0 Å². The maximum Gasteiger partial charge on any atom is 0.222 e. The van der Waals surface area contributed by atoms with Gasteiger partial charge in [-0.15, -0.1) is 0 Å². The van der Waals surface area contributed by atoms with Crippen molar-refractivity contribution in [1.29, 1.82) is 0 Å². The monoisotopic (exact) mass is 418 g/mol. The predicted octanol–water partition coefficient (Wildman–Crippen LogP) is 1.68. The van der Waals surface area contributed by atoms with E-state index in [1.807, 2.05) is 0 Å². The summed E-state index contributed by atoms with van der Waals surface area (Å²) >= 11 is 6.34. The Morgan fingerprint density at radius 3 is 2.46 bits per heavy atom. The van der Waals surface area contributed by atoms with Gasteiger partial charge in [-0.3, -0.25) is 0 Å². The van der Waals surface area contributed by atoms with E-state index in [1.165, 1.54) is 6.07 Å². The van der Waals surface area contributed by atoms with E-state index in [1.54, 1.807) is 19.2 Å². The standard InChI is InChI=1S/C20H28ClFO6/c1-27-14-5-2-11(3-6-14)8-12-9-13(4-7-15(12)21)20(26)19(25)18(24)17(23)16(10-22)28-20/h4,7,9,11,14,16-19,23-26H,2-3,5-6,8,10H2,1H3/t11?,14?,16-,17-,18+,19-,20-/m1/s1. The van der Waals surface area contributed by atoms with Crippen molar-refractivity contribution in [3.8, 4) is 0 Å². The molecule has 0 unspecified atom stereocenters. The molecule has 1 aliphatic heterocycles. The molecule has 158 valence electrons. The summed E-state index contributed by atoms with van der Waals surface area (Å²) in [4.78, 5) is 0. The predicted molar refractivity (Wildman–Crippen MR) is 101 cm³/mol. The van der Waals surface area contributed by atoms with Gasteiger partial charge >= 0.3 is 0 Å². The number of hydrogen-bond donors (Lipinski definition) is 4. The molecule has 6 nitrogen and oxygen atoms in total. The lowest BCUT2D eigenvalue weighted by Gasteiger charge is -2.45. The van der Waals surface area contributed by atoms with Crippen molar-refractivity contribution < 1.29 is 34.3 Å². The Morgan fingerprint density at radius 2 is 1.86 bits per heavy atom. The molecule has 1 aromatic rings. The van der Waals surface area contributed by atoms with Crippen molar-refractivity contribution in [2.45, 2.75) is 68.4 Å². The first-order valence-corrected chi connectivity index (χ1v) is 10.00. The molecule has 1 saturated carbocycles. The van der Waals surface area contributed by atoms with E-state index in [0.29, 0.717) is 17.4 Å². The number of aliphatic hydroxyl groups is 4. The zero-order valence-corrected chi connectivity index (χ0v) is 16.6. The van der Waals surface area contributed by atoms with Gasteiger partial charge in [-0.05, 0) is 55.7 Å². The largest absolute Gasteiger partial charge is 0.387 e. The molecule has 0 aromatic heterocycles. The highest BCUT2D eigenvalue weighted by Gasteiger charge is 2.53. The summed E-state index contributed by atoms with van der Waals surface area (Å²) in [5.74, 6) is -1.93. The molecular formula is C20H28ClFO6. The van der Waals surface area contributed by atoms with Crippen molar-refractivity contribution in [1.82, 2.24) is 0 Å². The van der Waals surface area contributed by atoms with Gasteiger partial charge < -0.3 is 29.9 Å². The van der Waals surface area contributed by atoms with Crippen LogP contribution in [0.3, 0.4) is 0 Å². The summed E-state index contributed by atoms with van der Waals surface area (Å²) < 4.78 is 23.9. The summed E-state index contributed by atoms with van der Waals surface area (Å²) in [7, 11) is 1.72.